The van der Waals surface area contributed by atoms with E-state index in [9.17, 15) is 18.0 Å². The van der Waals surface area contributed by atoms with E-state index in [2.05, 4.69) is 5.32 Å². The molecule has 1 atom stereocenters. The molecule has 44 heavy (non-hydrogen) atoms. The fourth-order valence-corrected chi connectivity index (χ4v) is 6.64. The van der Waals surface area contributed by atoms with E-state index in [0.717, 1.165) is 9.87 Å². The van der Waals surface area contributed by atoms with E-state index >= 15 is 0 Å². The number of carbonyl (C=O) groups is 2. The number of nitrogens with zero attached hydrogens (tertiary/aromatic N) is 2. The Morgan fingerprint density at radius 1 is 0.773 bits per heavy atom. The summed E-state index contributed by atoms with van der Waals surface area (Å²) in [5.41, 5.74) is 0.992. The van der Waals surface area contributed by atoms with E-state index in [0.29, 0.717) is 10.6 Å². The molecule has 0 aliphatic heterocycles. The number of benzene rings is 4. The lowest BCUT2D eigenvalue weighted by Crippen LogP contribution is -2.56. The molecule has 230 valence electrons. The number of halogens is 2. The average molecular weight is 653 g/mol. The number of para-hydroxylation sites is 1. The summed E-state index contributed by atoms with van der Waals surface area (Å²) < 4.78 is 29.1. The summed E-state index contributed by atoms with van der Waals surface area (Å²) in [4.78, 5) is 29.8. The molecule has 4 aromatic carbocycles. The SMILES string of the molecule is CC(C)(C)NC(=O)C(Cc1ccccc1)N(Cc1ccccc1Cl)C(=O)CN(c1ccccc1Cl)S(=O)(=O)c1ccccc1. The minimum absolute atomic E-state index is 0.00307. The predicted octanol–water partition coefficient (Wildman–Crippen LogP) is 6.74. The fraction of sp³-hybridized carbons (Fsp3) is 0.235. The standard InChI is InChI=1S/C34H35Cl2N3O4S/c1-34(2,3)37-33(41)31(22-25-14-6-4-7-15-25)38(23-26-16-10-11-19-28(26)35)32(40)24-39(30-21-13-12-20-29(30)36)44(42,43)27-17-8-5-9-18-27/h4-21,31H,22-24H2,1-3H3,(H,37,41). The van der Waals surface area contributed by atoms with Crippen molar-refractivity contribution in [2.45, 2.75) is 50.2 Å². The third kappa shape index (κ3) is 8.40. The lowest BCUT2D eigenvalue weighted by molar-refractivity contribution is -0.140. The van der Waals surface area contributed by atoms with Crippen LogP contribution in [0.5, 0.6) is 0 Å². The number of sulfonamides is 1. The van der Waals surface area contributed by atoms with E-state index in [1.165, 1.54) is 17.0 Å². The van der Waals surface area contributed by atoms with Crippen LogP contribution in [0.2, 0.25) is 10.0 Å². The van der Waals surface area contributed by atoms with Crippen molar-refractivity contribution in [1.29, 1.82) is 0 Å². The molecule has 0 fully saturated rings. The largest absolute Gasteiger partial charge is 0.350 e. The highest BCUT2D eigenvalue weighted by molar-refractivity contribution is 7.92. The van der Waals surface area contributed by atoms with Crippen LogP contribution in [0.15, 0.2) is 114 Å². The quantitative estimate of drug-likeness (QED) is 0.194. The van der Waals surface area contributed by atoms with Gasteiger partial charge in [0.2, 0.25) is 11.8 Å². The van der Waals surface area contributed by atoms with Crippen molar-refractivity contribution in [2.24, 2.45) is 0 Å². The maximum absolute atomic E-state index is 14.5. The van der Waals surface area contributed by atoms with Gasteiger partial charge in [-0.25, -0.2) is 8.42 Å². The normalized spacial score (nSPS) is 12.3. The first-order valence-corrected chi connectivity index (χ1v) is 16.3. The molecule has 0 spiro atoms. The molecule has 0 heterocycles. The van der Waals surface area contributed by atoms with Gasteiger partial charge < -0.3 is 10.2 Å². The molecule has 4 rings (SSSR count). The van der Waals surface area contributed by atoms with E-state index in [-0.39, 0.29) is 34.5 Å². The monoisotopic (exact) mass is 651 g/mol. The Morgan fingerprint density at radius 2 is 1.32 bits per heavy atom. The van der Waals surface area contributed by atoms with Crippen LogP contribution in [0.4, 0.5) is 5.69 Å². The van der Waals surface area contributed by atoms with Gasteiger partial charge >= 0.3 is 0 Å². The lowest BCUT2D eigenvalue weighted by Gasteiger charge is -2.35. The maximum atomic E-state index is 14.5. The molecule has 10 heteroatoms. The second-order valence-electron chi connectivity index (χ2n) is 11.3. The fourth-order valence-electron chi connectivity index (χ4n) is 4.70. The molecule has 0 aromatic heterocycles. The first-order chi connectivity index (χ1) is 20.9. The van der Waals surface area contributed by atoms with E-state index in [4.69, 9.17) is 23.2 Å². The summed E-state index contributed by atoms with van der Waals surface area (Å²) in [6.45, 7) is 4.93. The van der Waals surface area contributed by atoms with Gasteiger partial charge in [-0.1, -0.05) is 102 Å². The smallest absolute Gasteiger partial charge is 0.264 e. The molecule has 0 saturated carbocycles. The van der Waals surface area contributed by atoms with Crippen LogP contribution in [-0.4, -0.2) is 43.3 Å². The summed E-state index contributed by atoms with van der Waals surface area (Å²) in [5, 5.41) is 3.58. The molecular weight excluding hydrogens is 617 g/mol. The number of hydrogen-bond donors (Lipinski definition) is 1. The topological polar surface area (TPSA) is 86.8 Å². The van der Waals surface area contributed by atoms with Crippen molar-refractivity contribution in [3.63, 3.8) is 0 Å². The minimum Gasteiger partial charge on any atom is -0.350 e. The summed E-state index contributed by atoms with van der Waals surface area (Å²) in [6.07, 6.45) is 0.191. The third-order valence-corrected chi connectivity index (χ3v) is 9.26. The molecule has 0 bridgehead atoms. The van der Waals surface area contributed by atoms with E-state index < -0.39 is 34.1 Å². The molecule has 7 nitrogen and oxygen atoms in total. The molecule has 0 aliphatic carbocycles. The number of anilines is 1. The molecule has 4 aromatic rings. The van der Waals surface area contributed by atoms with Gasteiger partial charge in [0.15, 0.2) is 0 Å². The van der Waals surface area contributed by atoms with Gasteiger partial charge in [0, 0.05) is 23.5 Å². The molecule has 2 amide bonds. The first kappa shape index (κ1) is 33.1. The Hall–Kier alpha value is -3.85. The van der Waals surface area contributed by atoms with Crippen molar-refractivity contribution in [1.82, 2.24) is 10.2 Å². The second kappa shape index (κ2) is 14.3. The Kier molecular flexibility index (Phi) is 10.7. The predicted molar refractivity (Wildman–Crippen MR) is 176 cm³/mol. The van der Waals surface area contributed by atoms with Gasteiger partial charge in [0.05, 0.1) is 15.6 Å². The summed E-state index contributed by atoms with van der Waals surface area (Å²) >= 11 is 13.0. The molecule has 0 saturated heterocycles. The Labute approximate surface area is 269 Å². The Bertz CT molecular complexity index is 1690. The van der Waals surface area contributed by atoms with E-state index in [1.54, 1.807) is 66.7 Å². The molecule has 0 aliphatic rings. The Balaban J connectivity index is 1.83. The van der Waals surface area contributed by atoms with Crippen LogP contribution in [0.3, 0.4) is 0 Å². The van der Waals surface area contributed by atoms with Gasteiger partial charge in [-0.2, -0.15) is 0 Å². The van der Waals surface area contributed by atoms with Crippen molar-refractivity contribution < 1.29 is 18.0 Å². The highest BCUT2D eigenvalue weighted by Crippen LogP contribution is 2.31. The highest BCUT2D eigenvalue weighted by atomic mass is 35.5. The van der Waals surface area contributed by atoms with Gasteiger partial charge in [0.1, 0.15) is 12.6 Å². The van der Waals surface area contributed by atoms with Crippen molar-refractivity contribution in [3.05, 3.63) is 130 Å². The molecule has 0 radical (unpaired) electrons. The first-order valence-electron chi connectivity index (χ1n) is 14.1. The number of carbonyl (C=O) groups excluding carboxylic acids is 2. The summed E-state index contributed by atoms with van der Waals surface area (Å²) in [5.74, 6) is -0.980. The zero-order valence-electron chi connectivity index (χ0n) is 24.8. The number of nitrogens with one attached hydrogen (secondary N) is 1. The van der Waals surface area contributed by atoms with Crippen LogP contribution in [0, 0.1) is 0 Å². The van der Waals surface area contributed by atoms with Crippen LogP contribution < -0.4 is 9.62 Å². The number of rotatable bonds is 11. The Morgan fingerprint density at radius 3 is 1.91 bits per heavy atom. The van der Waals surface area contributed by atoms with Crippen LogP contribution >= 0.6 is 23.2 Å². The van der Waals surface area contributed by atoms with Crippen LogP contribution in [0.25, 0.3) is 0 Å². The second-order valence-corrected chi connectivity index (χ2v) is 14.0. The van der Waals surface area contributed by atoms with Gasteiger partial charge in [0.25, 0.3) is 10.0 Å². The minimum atomic E-state index is -4.25. The maximum Gasteiger partial charge on any atom is 0.264 e. The van der Waals surface area contributed by atoms with E-state index in [1.807, 2.05) is 51.1 Å². The lowest BCUT2D eigenvalue weighted by atomic mass is 10.0. The molecule has 1 unspecified atom stereocenters. The molecule has 1 N–H and O–H groups in total. The van der Waals surface area contributed by atoms with Gasteiger partial charge in [-0.15, -0.1) is 0 Å². The van der Waals surface area contributed by atoms with Crippen LogP contribution in [0.1, 0.15) is 31.9 Å². The number of amides is 2. The van der Waals surface area contributed by atoms with Gasteiger partial charge in [-0.3, -0.25) is 13.9 Å². The number of hydrogen-bond acceptors (Lipinski definition) is 4. The third-order valence-electron chi connectivity index (χ3n) is 6.80. The average Bonchev–Trinajstić information content (AvgIpc) is 2.99. The van der Waals surface area contributed by atoms with Crippen molar-refractivity contribution >= 4 is 50.7 Å². The molecular formula is C34H35Cl2N3O4S. The van der Waals surface area contributed by atoms with Crippen LogP contribution in [-0.2, 0) is 32.6 Å². The van der Waals surface area contributed by atoms with Crippen molar-refractivity contribution in [3.8, 4) is 0 Å². The van der Waals surface area contributed by atoms with Gasteiger partial charge in [-0.05, 0) is 62.2 Å². The zero-order valence-corrected chi connectivity index (χ0v) is 27.1. The van der Waals surface area contributed by atoms with Crippen molar-refractivity contribution in [2.75, 3.05) is 10.8 Å². The summed E-state index contributed by atoms with van der Waals surface area (Å²) in [7, 11) is -4.25. The highest BCUT2D eigenvalue weighted by Gasteiger charge is 2.36. The zero-order chi connectivity index (χ0) is 31.9. The summed E-state index contributed by atoms with van der Waals surface area (Å²) in [6, 6.07) is 29.7.